The molecule has 1 aliphatic rings. The van der Waals surface area contributed by atoms with E-state index in [0.717, 1.165) is 18.8 Å². The molecule has 0 saturated carbocycles. The predicted octanol–water partition coefficient (Wildman–Crippen LogP) is 3.22. The summed E-state index contributed by atoms with van der Waals surface area (Å²) < 4.78 is 5.54. The van der Waals surface area contributed by atoms with Gasteiger partial charge in [0.2, 0.25) is 0 Å². The van der Waals surface area contributed by atoms with Gasteiger partial charge in [-0.15, -0.1) is 0 Å². The second-order valence-corrected chi connectivity index (χ2v) is 5.66. The van der Waals surface area contributed by atoms with Crippen LogP contribution < -0.4 is 10.1 Å². The van der Waals surface area contributed by atoms with Crippen molar-refractivity contribution in [3.63, 3.8) is 0 Å². The van der Waals surface area contributed by atoms with Gasteiger partial charge in [-0.05, 0) is 45.3 Å². The molecule has 0 radical (unpaired) electrons. The average Bonchev–Trinajstić information content (AvgIpc) is 2.52. The first-order chi connectivity index (χ1) is 9.77. The Hall–Kier alpha value is -1.06. The van der Waals surface area contributed by atoms with Crippen molar-refractivity contribution in [1.29, 1.82) is 0 Å². The van der Waals surface area contributed by atoms with Gasteiger partial charge < -0.3 is 10.1 Å². The Morgan fingerprint density at radius 2 is 2.20 bits per heavy atom. The molecule has 1 N–H and O–H groups in total. The third kappa shape index (κ3) is 3.53. The third-order valence-electron chi connectivity index (χ3n) is 4.31. The molecule has 0 amide bonds. The normalized spacial score (nSPS) is 20.9. The lowest BCUT2D eigenvalue weighted by atomic mass is 9.99. The Labute approximate surface area is 123 Å². The molecule has 1 heterocycles. The van der Waals surface area contributed by atoms with Crippen LogP contribution in [-0.2, 0) is 0 Å². The summed E-state index contributed by atoms with van der Waals surface area (Å²) >= 11 is 0. The van der Waals surface area contributed by atoms with E-state index in [4.69, 9.17) is 4.74 Å². The van der Waals surface area contributed by atoms with Crippen LogP contribution >= 0.6 is 0 Å². The van der Waals surface area contributed by atoms with Crippen LogP contribution in [0.25, 0.3) is 0 Å². The van der Waals surface area contributed by atoms with Crippen molar-refractivity contribution in [2.24, 2.45) is 0 Å². The fourth-order valence-corrected chi connectivity index (χ4v) is 3.26. The summed E-state index contributed by atoms with van der Waals surface area (Å²) in [4.78, 5) is 2.64. The van der Waals surface area contributed by atoms with Crippen LogP contribution in [0.1, 0.15) is 44.7 Å². The molecule has 2 rings (SSSR count). The van der Waals surface area contributed by atoms with E-state index in [1.165, 1.54) is 31.4 Å². The summed E-state index contributed by atoms with van der Waals surface area (Å²) in [6.45, 7) is 7.99. The van der Waals surface area contributed by atoms with Gasteiger partial charge in [-0.1, -0.05) is 25.1 Å². The summed E-state index contributed by atoms with van der Waals surface area (Å²) in [5, 5.41) is 3.54. The zero-order valence-electron chi connectivity index (χ0n) is 13.1. The zero-order valence-corrected chi connectivity index (χ0v) is 13.1. The molecule has 0 spiro atoms. The van der Waals surface area contributed by atoms with Gasteiger partial charge >= 0.3 is 0 Å². The molecule has 3 heteroatoms. The van der Waals surface area contributed by atoms with E-state index in [2.05, 4.69) is 42.3 Å². The van der Waals surface area contributed by atoms with Gasteiger partial charge in [0.1, 0.15) is 5.75 Å². The monoisotopic (exact) mass is 276 g/mol. The molecular formula is C17H28N2O. The van der Waals surface area contributed by atoms with Gasteiger partial charge in [-0.3, -0.25) is 4.90 Å². The maximum absolute atomic E-state index is 5.54. The Morgan fingerprint density at radius 1 is 1.40 bits per heavy atom. The number of hydrogen-bond donors (Lipinski definition) is 1. The number of nitrogens with one attached hydrogen (secondary N) is 1. The highest BCUT2D eigenvalue weighted by molar-refractivity contribution is 5.35. The van der Waals surface area contributed by atoms with Gasteiger partial charge in [0.25, 0.3) is 0 Å². The quantitative estimate of drug-likeness (QED) is 0.863. The molecule has 20 heavy (non-hydrogen) atoms. The number of benzene rings is 1. The van der Waals surface area contributed by atoms with Crippen molar-refractivity contribution < 1.29 is 4.74 Å². The minimum atomic E-state index is 0.399. The molecule has 2 atom stereocenters. The van der Waals surface area contributed by atoms with Gasteiger partial charge in [0.15, 0.2) is 0 Å². The van der Waals surface area contributed by atoms with Crippen LogP contribution in [0.3, 0.4) is 0 Å². The highest BCUT2D eigenvalue weighted by Crippen LogP contribution is 2.31. The van der Waals surface area contributed by atoms with Crippen molar-refractivity contribution in [2.75, 3.05) is 26.7 Å². The molecule has 1 aromatic carbocycles. The van der Waals surface area contributed by atoms with Gasteiger partial charge in [-0.2, -0.15) is 0 Å². The van der Waals surface area contributed by atoms with Crippen molar-refractivity contribution in [2.45, 2.75) is 45.2 Å². The minimum absolute atomic E-state index is 0.399. The van der Waals surface area contributed by atoms with E-state index >= 15 is 0 Å². The summed E-state index contributed by atoms with van der Waals surface area (Å²) in [7, 11) is 1.76. The zero-order chi connectivity index (χ0) is 14.4. The van der Waals surface area contributed by atoms with Crippen molar-refractivity contribution >= 4 is 0 Å². The van der Waals surface area contributed by atoms with Crippen molar-refractivity contribution in [3.8, 4) is 5.75 Å². The lowest BCUT2D eigenvalue weighted by Gasteiger charge is -2.39. The Bertz CT molecular complexity index is 402. The van der Waals surface area contributed by atoms with Crippen LogP contribution in [0.15, 0.2) is 24.3 Å². The smallest absolute Gasteiger partial charge is 0.123 e. The maximum atomic E-state index is 5.54. The number of methoxy groups -OCH3 is 1. The first-order valence-corrected chi connectivity index (χ1v) is 7.87. The van der Waals surface area contributed by atoms with E-state index in [0.29, 0.717) is 12.1 Å². The van der Waals surface area contributed by atoms with E-state index in [1.54, 1.807) is 7.11 Å². The second kappa shape index (κ2) is 7.65. The highest BCUT2D eigenvalue weighted by Gasteiger charge is 2.26. The molecule has 3 nitrogen and oxygen atoms in total. The SMILES string of the molecule is CCCN(C1CCCNC1)C(C)c1ccccc1OC. The number of ether oxygens (including phenoxy) is 1. The highest BCUT2D eigenvalue weighted by atomic mass is 16.5. The lowest BCUT2D eigenvalue weighted by Crippen LogP contribution is -2.47. The largest absolute Gasteiger partial charge is 0.496 e. The summed E-state index contributed by atoms with van der Waals surface area (Å²) in [5.41, 5.74) is 1.30. The molecule has 1 aromatic rings. The fourth-order valence-electron chi connectivity index (χ4n) is 3.26. The van der Waals surface area contributed by atoms with Crippen LogP contribution in [0.2, 0.25) is 0 Å². The summed E-state index contributed by atoms with van der Waals surface area (Å²) in [6, 6.07) is 9.45. The van der Waals surface area contributed by atoms with Gasteiger partial charge in [-0.25, -0.2) is 0 Å². The average molecular weight is 276 g/mol. The third-order valence-corrected chi connectivity index (χ3v) is 4.31. The van der Waals surface area contributed by atoms with E-state index < -0.39 is 0 Å². The number of hydrogen-bond acceptors (Lipinski definition) is 3. The number of piperidine rings is 1. The van der Waals surface area contributed by atoms with Crippen molar-refractivity contribution in [3.05, 3.63) is 29.8 Å². The van der Waals surface area contributed by atoms with Gasteiger partial charge in [0, 0.05) is 24.2 Å². The lowest BCUT2D eigenvalue weighted by molar-refractivity contribution is 0.119. The number of rotatable bonds is 6. The van der Waals surface area contributed by atoms with E-state index in [1.807, 2.05) is 6.07 Å². The van der Waals surface area contributed by atoms with E-state index in [9.17, 15) is 0 Å². The molecule has 1 saturated heterocycles. The standard InChI is InChI=1S/C17H28N2O/c1-4-12-19(15-8-7-11-18-13-15)14(2)16-9-5-6-10-17(16)20-3/h5-6,9-10,14-15,18H,4,7-8,11-13H2,1-3H3. The Balaban J connectivity index is 2.18. The molecule has 112 valence electrons. The molecule has 1 aliphatic heterocycles. The summed E-state index contributed by atoms with van der Waals surface area (Å²) in [6.07, 6.45) is 3.77. The predicted molar refractivity (Wildman–Crippen MR) is 84.3 cm³/mol. The first-order valence-electron chi connectivity index (χ1n) is 7.87. The maximum Gasteiger partial charge on any atom is 0.123 e. The van der Waals surface area contributed by atoms with Gasteiger partial charge in [0.05, 0.1) is 7.11 Å². The Morgan fingerprint density at radius 3 is 2.85 bits per heavy atom. The second-order valence-electron chi connectivity index (χ2n) is 5.66. The molecule has 0 aromatic heterocycles. The minimum Gasteiger partial charge on any atom is -0.496 e. The number of para-hydroxylation sites is 1. The first kappa shape index (κ1) is 15.3. The van der Waals surface area contributed by atoms with E-state index in [-0.39, 0.29) is 0 Å². The molecular weight excluding hydrogens is 248 g/mol. The topological polar surface area (TPSA) is 24.5 Å². The summed E-state index contributed by atoms with van der Waals surface area (Å²) in [5.74, 6) is 1.00. The van der Waals surface area contributed by atoms with Crippen LogP contribution in [0, 0.1) is 0 Å². The van der Waals surface area contributed by atoms with Crippen molar-refractivity contribution in [1.82, 2.24) is 10.2 Å². The molecule has 0 bridgehead atoms. The number of nitrogens with zero attached hydrogens (tertiary/aromatic N) is 1. The molecule has 1 fully saturated rings. The Kier molecular flexibility index (Phi) is 5.86. The molecule has 2 unspecified atom stereocenters. The fraction of sp³-hybridized carbons (Fsp3) is 0.647. The van der Waals surface area contributed by atoms with Crippen LogP contribution in [0.4, 0.5) is 0 Å². The van der Waals surface area contributed by atoms with Crippen LogP contribution in [0.5, 0.6) is 5.75 Å². The molecule has 0 aliphatic carbocycles. The van der Waals surface area contributed by atoms with Crippen LogP contribution in [-0.4, -0.2) is 37.7 Å².